The summed E-state index contributed by atoms with van der Waals surface area (Å²) in [5.41, 5.74) is 0.847. The van der Waals surface area contributed by atoms with Crippen molar-refractivity contribution in [3.05, 3.63) is 53.8 Å². The fraction of sp³-hybridized carbons (Fsp3) is 0.278. The summed E-state index contributed by atoms with van der Waals surface area (Å²) >= 11 is 0. The van der Waals surface area contributed by atoms with Crippen LogP contribution in [0.1, 0.15) is 24.9 Å². The van der Waals surface area contributed by atoms with Gasteiger partial charge in [-0.1, -0.05) is 6.07 Å². The summed E-state index contributed by atoms with van der Waals surface area (Å²) in [5.74, 6) is 0.459. The largest absolute Gasteiger partial charge is 0.454 e. The summed E-state index contributed by atoms with van der Waals surface area (Å²) in [4.78, 5) is 12.0. The molecule has 0 bridgehead atoms. The predicted octanol–water partition coefficient (Wildman–Crippen LogP) is 2.10. The van der Waals surface area contributed by atoms with Crippen LogP contribution in [0.2, 0.25) is 0 Å². The third-order valence-corrected chi connectivity index (χ3v) is 5.52. The maximum atomic E-state index is 12.9. The molecule has 2 N–H and O–H groups in total. The second-order valence-corrected chi connectivity index (χ2v) is 7.77. The average molecular weight is 394 g/mol. The van der Waals surface area contributed by atoms with Crippen molar-refractivity contribution in [1.29, 1.82) is 0 Å². The molecule has 9 heteroatoms. The van der Waals surface area contributed by atoms with E-state index in [4.69, 9.17) is 9.47 Å². The summed E-state index contributed by atoms with van der Waals surface area (Å²) in [6, 6.07) is 9.58. The molecule has 0 spiro atoms. The molecule has 3 rings (SSSR count). The van der Waals surface area contributed by atoms with Crippen LogP contribution < -0.4 is 19.5 Å². The standard InChI is InChI=1S/C18H19FN2O5S/c1-12(13-2-7-16-17(10-13)26-11-25-16)21-18(22)8-9-20-27(23,24)15-5-3-14(19)4-6-15/h2-7,10,12,20H,8-9,11H2,1H3,(H,21,22). The number of ether oxygens (including phenoxy) is 2. The minimum Gasteiger partial charge on any atom is -0.454 e. The highest BCUT2D eigenvalue weighted by Crippen LogP contribution is 2.34. The molecule has 0 aliphatic carbocycles. The molecular formula is C18H19FN2O5S. The maximum absolute atomic E-state index is 12.9. The Bertz CT molecular complexity index is 931. The van der Waals surface area contributed by atoms with Gasteiger partial charge in [0.25, 0.3) is 0 Å². The Morgan fingerprint density at radius 3 is 2.59 bits per heavy atom. The quantitative estimate of drug-likeness (QED) is 0.750. The van der Waals surface area contributed by atoms with Gasteiger partial charge in [-0.25, -0.2) is 17.5 Å². The van der Waals surface area contributed by atoms with Crippen molar-refractivity contribution in [3.8, 4) is 11.5 Å². The van der Waals surface area contributed by atoms with Crippen molar-refractivity contribution in [2.75, 3.05) is 13.3 Å². The molecule has 0 radical (unpaired) electrons. The van der Waals surface area contributed by atoms with Crippen LogP contribution in [0.5, 0.6) is 11.5 Å². The van der Waals surface area contributed by atoms with Crippen LogP contribution in [0, 0.1) is 5.82 Å². The van der Waals surface area contributed by atoms with Gasteiger partial charge in [-0.05, 0) is 48.9 Å². The van der Waals surface area contributed by atoms with Gasteiger partial charge in [0.05, 0.1) is 10.9 Å². The fourth-order valence-corrected chi connectivity index (χ4v) is 3.61. The molecule has 0 saturated carbocycles. The van der Waals surface area contributed by atoms with Gasteiger partial charge in [0.15, 0.2) is 11.5 Å². The third-order valence-electron chi connectivity index (χ3n) is 4.04. The number of carbonyl (C=O) groups excluding carboxylic acids is 1. The van der Waals surface area contributed by atoms with E-state index in [9.17, 15) is 17.6 Å². The number of benzene rings is 2. The third kappa shape index (κ3) is 4.75. The number of sulfonamides is 1. The highest BCUT2D eigenvalue weighted by atomic mass is 32.2. The van der Waals surface area contributed by atoms with Crippen LogP contribution in [-0.4, -0.2) is 27.7 Å². The molecule has 27 heavy (non-hydrogen) atoms. The van der Waals surface area contributed by atoms with Gasteiger partial charge >= 0.3 is 0 Å². The normalized spacial score (nSPS) is 14.0. The van der Waals surface area contributed by atoms with E-state index in [-0.39, 0.29) is 36.6 Å². The smallest absolute Gasteiger partial charge is 0.240 e. The fourth-order valence-electron chi connectivity index (χ4n) is 2.58. The van der Waals surface area contributed by atoms with Crippen LogP contribution in [0.4, 0.5) is 4.39 Å². The van der Waals surface area contributed by atoms with Gasteiger partial charge in [0.1, 0.15) is 5.82 Å². The molecule has 1 heterocycles. The summed E-state index contributed by atoms with van der Waals surface area (Å²) in [5, 5.41) is 2.80. The molecule has 1 atom stereocenters. The predicted molar refractivity (Wildman–Crippen MR) is 95.3 cm³/mol. The highest BCUT2D eigenvalue weighted by Gasteiger charge is 2.18. The molecule has 1 amide bonds. The van der Waals surface area contributed by atoms with Crippen LogP contribution in [0.25, 0.3) is 0 Å². The number of nitrogens with one attached hydrogen (secondary N) is 2. The molecular weight excluding hydrogens is 375 g/mol. The number of hydrogen-bond donors (Lipinski definition) is 2. The zero-order valence-electron chi connectivity index (χ0n) is 14.6. The first-order valence-corrected chi connectivity index (χ1v) is 9.77. The van der Waals surface area contributed by atoms with E-state index in [1.807, 2.05) is 13.0 Å². The number of fused-ring (bicyclic) bond motifs is 1. The highest BCUT2D eigenvalue weighted by molar-refractivity contribution is 7.89. The van der Waals surface area contributed by atoms with Crippen molar-refractivity contribution in [1.82, 2.24) is 10.0 Å². The topological polar surface area (TPSA) is 93.7 Å². The Balaban J connectivity index is 1.50. The summed E-state index contributed by atoms with van der Waals surface area (Å²) < 4.78 is 49.9. The van der Waals surface area contributed by atoms with Gasteiger partial charge in [-0.2, -0.15) is 0 Å². The van der Waals surface area contributed by atoms with E-state index in [1.54, 1.807) is 12.1 Å². The molecule has 144 valence electrons. The maximum Gasteiger partial charge on any atom is 0.240 e. The van der Waals surface area contributed by atoms with Crippen LogP contribution in [0.3, 0.4) is 0 Å². The SMILES string of the molecule is CC(NC(=O)CCNS(=O)(=O)c1ccc(F)cc1)c1ccc2c(c1)OCO2. The second-order valence-electron chi connectivity index (χ2n) is 6.00. The molecule has 1 aliphatic rings. The zero-order chi connectivity index (χ0) is 19.4. The second kappa shape index (κ2) is 7.93. The van der Waals surface area contributed by atoms with E-state index < -0.39 is 15.8 Å². The van der Waals surface area contributed by atoms with E-state index in [0.29, 0.717) is 11.5 Å². The van der Waals surface area contributed by atoms with Crippen molar-refractivity contribution in [3.63, 3.8) is 0 Å². The molecule has 2 aromatic carbocycles. The summed E-state index contributed by atoms with van der Waals surface area (Å²) in [7, 11) is -3.79. The molecule has 1 unspecified atom stereocenters. The molecule has 1 aliphatic heterocycles. The van der Waals surface area contributed by atoms with Gasteiger partial charge in [0.2, 0.25) is 22.7 Å². The lowest BCUT2D eigenvalue weighted by atomic mass is 10.1. The Kier molecular flexibility index (Phi) is 5.62. The lowest BCUT2D eigenvalue weighted by Crippen LogP contribution is -2.32. The van der Waals surface area contributed by atoms with Gasteiger partial charge in [-0.15, -0.1) is 0 Å². The monoisotopic (exact) mass is 394 g/mol. The molecule has 2 aromatic rings. The van der Waals surface area contributed by atoms with Gasteiger partial charge in [-0.3, -0.25) is 4.79 Å². The number of amides is 1. The minimum absolute atomic E-state index is 0.0324. The van der Waals surface area contributed by atoms with Gasteiger partial charge in [0, 0.05) is 13.0 Å². The Morgan fingerprint density at radius 1 is 1.15 bits per heavy atom. The van der Waals surface area contributed by atoms with Gasteiger partial charge < -0.3 is 14.8 Å². The summed E-state index contributed by atoms with van der Waals surface area (Å²) in [6.07, 6.45) is -0.0324. The summed E-state index contributed by atoms with van der Waals surface area (Å²) in [6.45, 7) is 1.92. The molecule has 0 saturated heterocycles. The molecule has 0 fully saturated rings. The van der Waals surface area contributed by atoms with Crippen molar-refractivity contribution >= 4 is 15.9 Å². The van der Waals surface area contributed by atoms with Crippen LogP contribution in [0.15, 0.2) is 47.4 Å². The van der Waals surface area contributed by atoms with Crippen LogP contribution >= 0.6 is 0 Å². The van der Waals surface area contributed by atoms with E-state index >= 15 is 0 Å². The first kappa shape index (κ1) is 19.1. The first-order valence-electron chi connectivity index (χ1n) is 8.29. The number of halogens is 1. The Labute approximate surface area is 156 Å². The number of rotatable bonds is 7. The first-order chi connectivity index (χ1) is 12.8. The Hall–Kier alpha value is -2.65. The molecule has 7 nitrogen and oxygen atoms in total. The zero-order valence-corrected chi connectivity index (χ0v) is 15.4. The van der Waals surface area contributed by atoms with E-state index in [2.05, 4.69) is 10.0 Å². The lowest BCUT2D eigenvalue weighted by molar-refractivity contribution is -0.121. The van der Waals surface area contributed by atoms with E-state index in [1.165, 1.54) is 12.1 Å². The van der Waals surface area contributed by atoms with Crippen molar-refractivity contribution in [2.45, 2.75) is 24.3 Å². The average Bonchev–Trinajstić information content (AvgIpc) is 3.09. The van der Waals surface area contributed by atoms with Crippen LogP contribution in [-0.2, 0) is 14.8 Å². The van der Waals surface area contributed by atoms with Crippen molar-refractivity contribution in [2.24, 2.45) is 0 Å². The number of hydrogen-bond acceptors (Lipinski definition) is 5. The van der Waals surface area contributed by atoms with Crippen molar-refractivity contribution < 1.29 is 27.1 Å². The number of carbonyl (C=O) groups is 1. The Morgan fingerprint density at radius 2 is 1.85 bits per heavy atom. The lowest BCUT2D eigenvalue weighted by Gasteiger charge is -2.15. The van der Waals surface area contributed by atoms with E-state index in [0.717, 1.165) is 17.7 Å². The molecule has 0 aromatic heterocycles. The minimum atomic E-state index is -3.79.